The fourth-order valence-corrected chi connectivity index (χ4v) is 2.23. The summed E-state index contributed by atoms with van der Waals surface area (Å²) in [6, 6.07) is 7.80. The molecule has 20 heavy (non-hydrogen) atoms. The summed E-state index contributed by atoms with van der Waals surface area (Å²) in [5.41, 5.74) is 3.99. The topological polar surface area (TPSA) is 39.1 Å². The summed E-state index contributed by atoms with van der Waals surface area (Å²) >= 11 is 0. The first-order valence-electron chi connectivity index (χ1n) is 6.58. The lowest BCUT2D eigenvalue weighted by Crippen LogP contribution is -2.03. The number of rotatable bonds is 5. The van der Waals surface area contributed by atoms with Crippen LogP contribution in [0, 0.1) is 12.3 Å². The standard InChI is InChI=1S/C16H19N3O/c1-5-12-8-7-9-13(10-12)17-11-14-15(6-2)18-19(3)16(14)20-4/h1,7-10,17H,6,11H2,2-4H3. The third-order valence-electron chi connectivity index (χ3n) is 3.20. The van der Waals surface area contributed by atoms with E-state index in [1.54, 1.807) is 11.8 Å². The zero-order chi connectivity index (χ0) is 14.5. The molecule has 1 aromatic heterocycles. The van der Waals surface area contributed by atoms with Crippen molar-refractivity contribution in [2.24, 2.45) is 7.05 Å². The van der Waals surface area contributed by atoms with Crippen molar-refractivity contribution in [3.05, 3.63) is 41.1 Å². The molecule has 0 saturated heterocycles. The van der Waals surface area contributed by atoms with Gasteiger partial charge in [0, 0.05) is 24.8 Å². The molecule has 0 aliphatic carbocycles. The molecule has 104 valence electrons. The van der Waals surface area contributed by atoms with Crippen LogP contribution >= 0.6 is 0 Å². The van der Waals surface area contributed by atoms with Crippen LogP contribution in [0.25, 0.3) is 0 Å². The summed E-state index contributed by atoms with van der Waals surface area (Å²) < 4.78 is 7.19. The molecule has 4 heteroatoms. The van der Waals surface area contributed by atoms with Crippen LogP contribution in [-0.2, 0) is 20.0 Å². The Kier molecular flexibility index (Phi) is 4.31. The SMILES string of the molecule is C#Cc1cccc(NCc2c(CC)nn(C)c2OC)c1. The van der Waals surface area contributed by atoms with Gasteiger partial charge in [0.05, 0.1) is 18.4 Å². The molecule has 2 aromatic rings. The zero-order valence-corrected chi connectivity index (χ0v) is 12.1. The second kappa shape index (κ2) is 6.16. The van der Waals surface area contributed by atoms with E-state index in [-0.39, 0.29) is 0 Å². The number of aromatic nitrogens is 2. The number of aryl methyl sites for hydroxylation is 2. The van der Waals surface area contributed by atoms with Gasteiger partial charge in [0.25, 0.3) is 0 Å². The lowest BCUT2D eigenvalue weighted by molar-refractivity contribution is 0.370. The molecule has 0 unspecified atom stereocenters. The molecular weight excluding hydrogens is 250 g/mol. The minimum Gasteiger partial charge on any atom is -0.481 e. The van der Waals surface area contributed by atoms with E-state index in [1.807, 2.05) is 31.3 Å². The number of benzene rings is 1. The van der Waals surface area contributed by atoms with Crippen molar-refractivity contribution in [1.29, 1.82) is 0 Å². The average molecular weight is 269 g/mol. The van der Waals surface area contributed by atoms with Gasteiger partial charge in [-0.05, 0) is 24.6 Å². The van der Waals surface area contributed by atoms with E-state index in [0.717, 1.165) is 34.8 Å². The molecule has 0 amide bonds. The van der Waals surface area contributed by atoms with E-state index in [0.29, 0.717) is 6.54 Å². The van der Waals surface area contributed by atoms with Crippen molar-refractivity contribution in [1.82, 2.24) is 9.78 Å². The van der Waals surface area contributed by atoms with E-state index >= 15 is 0 Å². The normalized spacial score (nSPS) is 10.1. The Hall–Kier alpha value is -2.41. The van der Waals surface area contributed by atoms with Crippen LogP contribution in [0.1, 0.15) is 23.7 Å². The molecule has 1 aromatic carbocycles. The first-order valence-corrected chi connectivity index (χ1v) is 6.58. The van der Waals surface area contributed by atoms with Crippen LogP contribution in [0.5, 0.6) is 5.88 Å². The number of nitrogens with zero attached hydrogens (tertiary/aromatic N) is 2. The average Bonchev–Trinajstić information content (AvgIpc) is 2.80. The van der Waals surface area contributed by atoms with Crippen LogP contribution < -0.4 is 10.1 Å². The molecule has 0 fully saturated rings. The van der Waals surface area contributed by atoms with Gasteiger partial charge in [0.1, 0.15) is 0 Å². The molecule has 0 aliphatic heterocycles. The minimum absolute atomic E-state index is 0.661. The summed E-state index contributed by atoms with van der Waals surface area (Å²) in [5, 5.41) is 7.83. The summed E-state index contributed by atoms with van der Waals surface area (Å²) in [7, 11) is 3.55. The maximum atomic E-state index is 5.42. The second-order valence-corrected chi connectivity index (χ2v) is 4.49. The lowest BCUT2D eigenvalue weighted by atomic mass is 10.1. The van der Waals surface area contributed by atoms with Gasteiger partial charge in [-0.25, -0.2) is 4.68 Å². The molecule has 2 rings (SSSR count). The van der Waals surface area contributed by atoms with Crippen molar-refractivity contribution in [2.45, 2.75) is 19.9 Å². The molecular formula is C16H19N3O. The van der Waals surface area contributed by atoms with Crippen LogP contribution in [0.15, 0.2) is 24.3 Å². The van der Waals surface area contributed by atoms with Gasteiger partial charge >= 0.3 is 0 Å². The Balaban J connectivity index is 2.20. The van der Waals surface area contributed by atoms with Gasteiger partial charge in [0.15, 0.2) is 0 Å². The van der Waals surface area contributed by atoms with Gasteiger partial charge in [-0.15, -0.1) is 6.42 Å². The van der Waals surface area contributed by atoms with Crippen molar-refractivity contribution in [3.8, 4) is 18.2 Å². The van der Waals surface area contributed by atoms with Crippen molar-refractivity contribution in [3.63, 3.8) is 0 Å². The number of anilines is 1. The van der Waals surface area contributed by atoms with E-state index in [9.17, 15) is 0 Å². The highest BCUT2D eigenvalue weighted by Gasteiger charge is 2.15. The molecule has 0 bridgehead atoms. The number of nitrogens with one attached hydrogen (secondary N) is 1. The summed E-state index contributed by atoms with van der Waals surface area (Å²) in [6.07, 6.45) is 6.28. The largest absolute Gasteiger partial charge is 0.481 e. The maximum absolute atomic E-state index is 5.42. The fraction of sp³-hybridized carbons (Fsp3) is 0.312. The van der Waals surface area contributed by atoms with Crippen LogP contribution in [-0.4, -0.2) is 16.9 Å². The Labute approximate surface area is 119 Å². The number of hydrogen-bond acceptors (Lipinski definition) is 3. The van der Waals surface area contributed by atoms with E-state index in [1.165, 1.54) is 0 Å². The molecule has 1 heterocycles. The van der Waals surface area contributed by atoms with E-state index < -0.39 is 0 Å². The maximum Gasteiger partial charge on any atom is 0.216 e. The van der Waals surface area contributed by atoms with E-state index in [2.05, 4.69) is 23.3 Å². The Morgan fingerprint density at radius 3 is 2.90 bits per heavy atom. The predicted molar refractivity (Wildman–Crippen MR) is 80.8 cm³/mol. The number of terminal acetylenes is 1. The summed E-state index contributed by atoms with van der Waals surface area (Å²) in [6.45, 7) is 2.75. The van der Waals surface area contributed by atoms with Gasteiger partial charge in [0.2, 0.25) is 5.88 Å². The summed E-state index contributed by atoms with van der Waals surface area (Å²) in [4.78, 5) is 0. The first kappa shape index (κ1) is 14.0. The van der Waals surface area contributed by atoms with E-state index in [4.69, 9.17) is 11.2 Å². The molecule has 4 nitrogen and oxygen atoms in total. The third-order valence-corrected chi connectivity index (χ3v) is 3.20. The minimum atomic E-state index is 0.661. The lowest BCUT2D eigenvalue weighted by Gasteiger charge is -2.09. The fourth-order valence-electron chi connectivity index (χ4n) is 2.23. The van der Waals surface area contributed by atoms with Crippen LogP contribution in [0.4, 0.5) is 5.69 Å². The molecule has 0 radical (unpaired) electrons. The highest BCUT2D eigenvalue weighted by atomic mass is 16.5. The molecule has 0 saturated carbocycles. The quantitative estimate of drug-likeness (QED) is 0.848. The first-order chi connectivity index (χ1) is 9.69. The Morgan fingerprint density at radius 1 is 1.45 bits per heavy atom. The van der Waals surface area contributed by atoms with Crippen LogP contribution in [0.3, 0.4) is 0 Å². The molecule has 0 spiro atoms. The number of hydrogen-bond donors (Lipinski definition) is 1. The third kappa shape index (κ3) is 2.77. The molecule has 0 aliphatic rings. The number of ether oxygens (including phenoxy) is 1. The zero-order valence-electron chi connectivity index (χ0n) is 12.1. The molecule has 1 N–H and O–H groups in total. The summed E-state index contributed by atoms with van der Waals surface area (Å²) in [5.74, 6) is 3.43. The van der Waals surface area contributed by atoms with Gasteiger partial charge in [-0.1, -0.05) is 18.9 Å². The highest BCUT2D eigenvalue weighted by molar-refractivity contribution is 5.51. The van der Waals surface area contributed by atoms with Crippen LogP contribution in [0.2, 0.25) is 0 Å². The predicted octanol–water partition coefficient (Wildman–Crippen LogP) is 2.58. The van der Waals surface area contributed by atoms with Crippen molar-refractivity contribution in [2.75, 3.05) is 12.4 Å². The van der Waals surface area contributed by atoms with Gasteiger partial charge in [-0.2, -0.15) is 5.10 Å². The smallest absolute Gasteiger partial charge is 0.216 e. The number of methoxy groups -OCH3 is 1. The Bertz CT molecular complexity index is 638. The van der Waals surface area contributed by atoms with Crippen molar-refractivity contribution >= 4 is 5.69 Å². The highest BCUT2D eigenvalue weighted by Crippen LogP contribution is 2.23. The van der Waals surface area contributed by atoms with Gasteiger partial charge < -0.3 is 10.1 Å². The molecule has 0 atom stereocenters. The second-order valence-electron chi connectivity index (χ2n) is 4.49. The van der Waals surface area contributed by atoms with Gasteiger partial charge in [-0.3, -0.25) is 0 Å². The van der Waals surface area contributed by atoms with Crippen molar-refractivity contribution < 1.29 is 4.74 Å². The monoisotopic (exact) mass is 269 g/mol. The Morgan fingerprint density at radius 2 is 2.25 bits per heavy atom.